The zero-order chi connectivity index (χ0) is 25.2. The Balaban J connectivity index is 1.53. The number of rotatable bonds is 6. The van der Waals surface area contributed by atoms with E-state index in [1.165, 1.54) is 18.3 Å². The van der Waals surface area contributed by atoms with Crippen LogP contribution < -0.4 is 4.74 Å². The van der Waals surface area contributed by atoms with E-state index in [1.807, 2.05) is 11.6 Å². The van der Waals surface area contributed by atoms with Crippen molar-refractivity contribution in [3.05, 3.63) is 65.8 Å². The summed E-state index contributed by atoms with van der Waals surface area (Å²) in [5, 5.41) is 37.7. The first-order valence-corrected chi connectivity index (χ1v) is 11.5. The molecule has 36 heavy (non-hydrogen) atoms. The molecule has 182 valence electrons. The first kappa shape index (κ1) is 23.3. The fraction of sp³-hybridized carbons (Fsp3) is 0.320. The molecule has 1 N–H and O–H groups in total. The van der Waals surface area contributed by atoms with Gasteiger partial charge in [-0.3, -0.25) is 9.67 Å². The van der Waals surface area contributed by atoms with E-state index in [0.29, 0.717) is 35.6 Å². The zero-order valence-electron chi connectivity index (χ0n) is 19.5. The molecule has 0 radical (unpaired) electrons. The Bertz CT molecular complexity index is 1470. The van der Waals surface area contributed by atoms with Crippen LogP contribution in [0.25, 0.3) is 16.6 Å². The van der Waals surface area contributed by atoms with Crippen LogP contribution in [0.4, 0.5) is 4.39 Å². The molecule has 11 heteroatoms. The van der Waals surface area contributed by atoms with Crippen LogP contribution in [-0.4, -0.2) is 54.1 Å². The Kier molecular flexibility index (Phi) is 6.23. The molecule has 0 spiro atoms. The van der Waals surface area contributed by atoms with Crippen molar-refractivity contribution in [1.29, 1.82) is 10.5 Å². The molecule has 1 atom stereocenters. The smallest absolute Gasteiger partial charge is 0.179 e. The maximum Gasteiger partial charge on any atom is 0.179 e. The van der Waals surface area contributed by atoms with Crippen LogP contribution >= 0.6 is 0 Å². The molecule has 1 saturated heterocycles. The molecule has 0 aromatic carbocycles. The van der Waals surface area contributed by atoms with Gasteiger partial charge in [-0.1, -0.05) is 0 Å². The van der Waals surface area contributed by atoms with Gasteiger partial charge in [0.15, 0.2) is 12.3 Å². The number of aromatic nitrogens is 5. The number of ether oxygens (including phenoxy) is 1. The van der Waals surface area contributed by atoms with Gasteiger partial charge in [-0.2, -0.15) is 20.7 Å². The summed E-state index contributed by atoms with van der Waals surface area (Å²) in [6.45, 7) is 2.99. The van der Waals surface area contributed by atoms with Crippen molar-refractivity contribution >= 4 is 5.52 Å². The van der Waals surface area contributed by atoms with E-state index in [1.54, 1.807) is 27.9 Å². The number of likely N-dealkylation sites (tertiary alicyclic amines) is 1. The summed E-state index contributed by atoms with van der Waals surface area (Å²) in [6, 6.07) is 6.80. The van der Waals surface area contributed by atoms with Gasteiger partial charge >= 0.3 is 0 Å². The van der Waals surface area contributed by atoms with Gasteiger partial charge in [0.2, 0.25) is 0 Å². The summed E-state index contributed by atoms with van der Waals surface area (Å²) < 4.78 is 23.1. The highest BCUT2D eigenvalue weighted by Crippen LogP contribution is 2.35. The second-order valence-corrected chi connectivity index (χ2v) is 8.65. The van der Waals surface area contributed by atoms with Gasteiger partial charge < -0.3 is 14.7 Å². The number of aliphatic hydroxyl groups excluding tert-OH is 1. The third-order valence-electron chi connectivity index (χ3n) is 6.52. The standard InChI is InChI=1S/C25H23FN8O2/c1-16-21(12-31-34(16)20-4-6-32(15-28)7-5-20)17-8-23(25-18(9-27)10-30-33(25)13-17)36-24(14-35)22-3-2-19(26)11-29-22/h2-3,8,10-13,20,24,35H,4-7,14H2,1H3/t24-/m1/s1. The van der Waals surface area contributed by atoms with Crippen LogP contribution in [-0.2, 0) is 0 Å². The van der Waals surface area contributed by atoms with Gasteiger partial charge in [-0.05, 0) is 38.0 Å². The quantitative estimate of drug-likeness (QED) is 0.412. The molecular formula is C25H23FN8O2. The van der Waals surface area contributed by atoms with E-state index >= 15 is 0 Å². The van der Waals surface area contributed by atoms with Crippen LogP contribution in [0.1, 0.15) is 41.9 Å². The summed E-state index contributed by atoms with van der Waals surface area (Å²) in [7, 11) is 0. The van der Waals surface area contributed by atoms with Crippen molar-refractivity contribution in [2.45, 2.75) is 31.9 Å². The van der Waals surface area contributed by atoms with E-state index in [9.17, 15) is 14.8 Å². The van der Waals surface area contributed by atoms with Crippen molar-refractivity contribution in [1.82, 2.24) is 29.3 Å². The Morgan fingerprint density at radius 1 is 1.19 bits per heavy atom. The lowest BCUT2D eigenvalue weighted by Crippen LogP contribution is -2.31. The Hall–Kier alpha value is -4.48. The van der Waals surface area contributed by atoms with Crippen LogP contribution in [0, 0.1) is 35.5 Å². The summed E-state index contributed by atoms with van der Waals surface area (Å²) >= 11 is 0. The number of piperidine rings is 1. The number of hydrogen-bond donors (Lipinski definition) is 1. The maximum atomic E-state index is 13.4. The van der Waals surface area contributed by atoms with Gasteiger partial charge in [0.25, 0.3) is 0 Å². The number of halogens is 1. The van der Waals surface area contributed by atoms with Gasteiger partial charge in [0.05, 0.1) is 36.9 Å². The molecule has 0 aliphatic carbocycles. The first-order valence-electron chi connectivity index (χ1n) is 11.5. The van der Waals surface area contributed by atoms with Crippen LogP contribution in [0.5, 0.6) is 5.75 Å². The average molecular weight is 487 g/mol. The average Bonchev–Trinajstić information content (AvgIpc) is 3.51. The predicted molar refractivity (Wildman–Crippen MR) is 126 cm³/mol. The van der Waals surface area contributed by atoms with E-state index in [4.69, 9.17) is 10.00 Å². The second-order valence-electron chi connectivity index (χ2n) is 8.65. The molecular weight excluding hydrogens is 463 g/mol. The van der Waals surface area contributed by atoms with E-state index < -0.39 is 18.5 Å². The Morgan fingerprint density at radius 2 is 2.00 bits per heavy atom. The molecule has 5 rings (SSSR count). The first-order chi connectivity index (χ1) is 17.5. The van der Waals surface area contributed by atoms with E-state index in [2.05, 4.69) is 27.4 Å². The zero-order valence-corrected chi connectivity index (χ0v) is 19.5. The van der Waals surface area contributed by atoms with Gasteiger partial charge in [0, 0.05) is 36.1 Å². The monoisotopic (exact) mass is 486 g/mol. The highest BCUT2D eigenvalue weighted by Gasteiger charge is 2.24. The minimum absolute atomic E-state index is 0.195. The van der Waals surface area contributed by atoms with Crippen molar-refractivity contribution in [3.8, 4) is 29.1 Å². The minimum Gasteiger partial charge on any atom is -0.479 e. The topological polar surface area (TPSA) is 128 Å². The van der Waals surface area contributed by atoms with Crippen molar-refractivity contribution in [2.75, 3.05) is 19.7 Å². The summed E-state index contributed by atoms with van der Waals surface area (Å²) in [4.78, 5) is 5.79. The van der Waals surface area contributed by atoms with Gasteiger partial charge in [0.1, 0.15) is 28.7 Å². The number of pyridine rings is 2. The van der Waals surface area contributed by atoms with Crippen molar-refractivity contribution in [2.24, 2.45) is 0 Å². The van der Waals surface area contributed by atoms with E-state index in [-0.39, 0.29) is 6.04 Å². The third-order valence-corrected chi connectivity index (χ3v) is 6.52. The fourth-order valence-electron chi connectivity index (χ4n) is 4.61. The largest absolute Gasteiger partial charge is 0.479 e. The molecule has 4 aromatic rings. The highest BCUT2D eigenvalue weighted by atomic mass is 19.1. The molecule has 1 aliphatic heterocycles. The summed E-state index contributed by atoms with van der Waals surface area (Å²) in [5.41, 5.74) is 3.73. The summed E-state index contributed by atoms with van der Waals surface area (Å²) in [6.07, 6.45) is 9.10. The molecule has 0 amide bonds. The fourth-order valence-corrected chi connectivity index (χ4v) is 4.61. The van der Waals surface area contributed by atoms with Gasteiger partial charge in [-0.25, -0.2) is 8.91 Å². The molecule has 0 bridgehead atoms. The van der Waals surface area contributed by atoms with Crippen molar-refractivity contribution < 1.29 is 14.2 Å². The molecule has 4 aromatic heterocycles. The SMILES string of the molecule is Cc1c(-c2cc(O[C@H](CO)c3ccc(F)cn3)c3c(C#N)cnn3c2)cnn1C1CCN(C#N)CC1. The number of hydrogen-bond acceptors (Lipinski definition) is 8. The predicted octanol–water partition coefficient (Wildman–Crippen LogP) is 3.14. The Labute approximate surface area is 206 Å². The third kappa shape index (κ3) is 4.21. The molecule has 0 unspecified atom stereocenters. The molecule has 0 saturated carbocycles. The molecule has 1 fully saturated rings. The number of nitriles is 2. The number of nitrogens with zero attached hydrogens (tertiary/aromatic N) is 8. The number of aliphatic hydroxyl groups is 1. The lowest BCUT2D eigenvalue weighted by atomic mass is 10.0. The van der Waals surface area contributed by atoms with E-state index in [0.717, 1.165) is 35.9 Å². The maximum absolute atomic E-state index is 13.4. The van der Waals surface area contributed by atoms with Crippen molar-refractivity contribution in [3.63, 3.8) is 0 Å². The lowest BCUT2D eigenvalue weighted by molar-refractivity contribution is 0.114. The lowest BCUT2D eigenvalue weighted by Gasteiger charge is -2.29. The van der Waals surface area contributed by atoms with Gasteiger partial charge in [-0.15, -0.1) is 0 Å². The molecule has 10 nitrogen and oxygen atoms in total. The molecule has 5 heterocycles. The normalized spacial score (nSPS) is 15.0. The van der Waals surface area contributed by atoms with Crippen LogP contribution in [0.3, 0.4) is 0 Å². The summed E-state index contributed by atoms with van der Waals surface area (Å²) in [5.74, 6) is -0.158. The minimum atomic E-state index is -0.875. The molecule has 1 aliphatic rings. The second kappa shape index (κ2) is 9.64. The van der Waals surface area contributed by atoms with Crippen LogP contribution in [0.15, 0.2) is 43.0 Å². The highest BCUT2D eigenvalue weighted by molar-refractivity contribution is 5.76. The van der Waals surface area contributed by atoms with Crippen LogP contribution in [0.2, 0.25) is 0 Å². The number of fused-ring (bicyclic) bond motifs is 1. The Morgan fingerprint density at radius 3 is 2.67 bits per heavy atom.